The lowest BCUT2D eigenvalue weighted by Crippen LogP contribution is -2.10. The van der Waals surface area contributed by atoms with Crippen LogP contribution in [0.15, 0.2) is 5.38 Å². The van der Waals surface area contributed by atoms with Gasteiger partial charge in [-0.15, -0.1) is 11.3 Å². The SMILES string of the molecule is O=C(O)Cc1csc(NCC2CCCC2)n1. The average Bonchev–Trinajstić information content (AvgIpc) is 2.84. The van der Waals surface area contributed by atoms with E-state index in [0.717, 1.165) is 17.6 Å². The van der Waals surface area contributed by atoms with Gasteiger partial charge in [0.25, 0.3) is 0 Å². The summed E-state index contributed by atoms with van der Waals surface area (Å²) in [5.74, 6) is -0.0560. The first-order valence-corrected chi connectivity index (χ1v) is 6.52. The molecule has 0 saturated heterocycles. The molecule has 1 aliphatic carbocycles. The maximum Gasteiger partial charge on any atom is 0.309 e. The molecule has 0 atom stereocenters. The van der Waals surface area contributed by atoms with Gasteiger partial charge >= 0.3 is 5.97 Å². The summed E-state index contributed by atoms with van der Waals surface area (Å²) in [5.41, 5.74) is 0.645. The van der Waals surface area contributed by atoms with Gasteiger partial charge in [0.1, 0.15) is 0 Å². The van der Waals surface area contributed by atoms with Crippen LogP contribution in [0.3, 0.4) is 0 Å². The molecule has 0 aromatic carbocycles. The Hall–Kier alpha value is -1.10. The minimum atomic E-state index is -0.826. The van der Waals surface area contributed by atoms with Crippen molar-refractivity contribution in [1.29, 1.82) is 0 Å². The Bertz CT molecular complexity index is 359. The van der Waals surface area contributed by atoms with Gasteiger partial charge in [-0.25, -0.2) is 4.98 Å². The first-order valence-electron chi connectivity index (χ1n) is 5.64. The van der Waals surface area contributed by atoms with Crippen molar-refractivity contribution in [2.75, 3.05) is 11.9 Å². The molecule has 1 heterocycles. The molecular formula is C11H16N2O2S. The van der Waals surface area contributed by atoms with Gasteiger partial charge in [-0.3, -0.25) is 4.79 Å². The van der Waals surface area contributed by atoms with E-state index in [0.29, 0.717) is 5.69 Å². The van der Waals surface area contributed by atoms with Crippen molar-refractivity contribution in [3.63, 3.8) is 0 Å². The predicted octanol–water partition coefficient (Wildman–Crippen LogP) is 2.37. The monoisotopic (exact) mass is 240 g/mol. The number of hydrogen-bond acceptors (Lipinski definition) is 4. The minimum absolute atomic E-state index is 0.0155. The van der Waals surface area contributed by atoms with Crippen molar-refractivity contribution in [1.82, 2.24) is 4.98 Å². The number of rotatable bonds is 5. The summed E-state index contributed by atoms with van der Waals surface area (Å²) in [7, 11) is 0. The number of thiazole rings is 1. The van der Waals surface area contributed by atoms with Crippen molar-refractivity contribution in [2.24, 2.45) is 5.92 Å². The van der Waals surface area contributed by atoms with Crippen molar-refractivity contribution in [3.8, 4) is 0 Å². The molecule has 1 saturated carbocycles. The van der Waals surface area contributed by atoms with Gasteiger partial charge in [0, 0.05) is 11.9 Å². The maximum absolute atomic E-state index is 10.5. The van der Waals surface area contributed by atoms with Crippen LogP contribution in [0.1, 0.15) is 31.4 Å². The molecule has 2 N–H and O–H groups in total. The first-order chi connectivity index (χ1) is 7.74. The molecular weight excluding hydrogens is 224 g/mol. The fraction of sp³-hybridized carbons (Fsp3) is 0.636. The molecule has 0 bridgehead atoms. The van der Waals surface area contributed by atoms with E-state index < -0.39 is 5.97 Å². The van der Waals surface area contributed by atoms with Crippen molar-refractivity contribution in [2.45, 2.75) is 32.1 Å². The van der Waals surface area contributed by atoms with Crippen LogP contribution in [0.5, 0.6) is 0 Å². The van der Waals surface area contributed by atoms with E-state index >= 15 is 0 Å². The number of carboxylic acids is 1. The molecule has 0 aliphatic heterocycles. The Balaban J connectivity index is 1.80. The molecule has 16 heavy (non-hydrogen) atoms. The summed E-state index contributed by atoms with van der Waals surface area (Å²) in [6, 6.07) is 0. The van der Waals surface area contributed by atoms with Gasteiger partial charge in [0.15, 0.2) is 5.13 Å². The molecule has 1 aromatic rings. The summed E-state index contributed by atoms with van der Waals surface area (Å²) < 4.78 is 0. The molecule has 88 valence electrons. The van der Waals surface area contributed by atoms with Crippen molar-refractivity contribution < 1.29 is 9.90 Å². The smallest absolute Gasteiger partial charge is 0.309 e. The van der Waals surface area contributed by atoms with Crippen LogP contribution < -0.4 is 5.32 Å². The normalized spacial score (nSPS) is 16.5. The number of aliphatic carboxylic acids is 1. The average molecular weight is 240 g/mol. The van der Waals surface area contributed by atoms with Gasteiger partial charge in [0.05, 0.1) is 12.1 Å². The molecule has 4 nitrogen and oxygen atoms in total. The zero-order valence-corrected chi connectivity index (χ0v) is 9.92. The van der Waals surface area contributed by atoms with E-state index in [1.807, 2.05) is 5.38 Å². The van der Waals surface area contributed by atoms with E-state index in [1.165, 1.54) is 37.0 Å². The van der Waals surface area contributed by atoms with Gasteiger partial charge in [-0.05, 0) is 18.8 Å². The third-order valence-corrected chi connectivity index (χ3v) is 3.75. The van der Waals surface area contributed by atoms with E-state index in [9.17, 15) is 4.79 Å². The van der Waals surface area contributed by atoms with Gasteiger partial charge in [-0.2, -0.15) is 0 Å². The lowest BCUT2D eigenvalue weighted by Gasteiger charge is -2.08. The highest BCUT2D eigenvalue weighted by molar-refractivity contribution is 7.13. The van der Waals surface area contributed by atoms with Crippen LogP contribution in [0.2, 0.25) is 0 Å². The number of anilines is 1. The number of carboxylic acid groups (broad SMARTS) is 1. The van der Waals surface area contributed by atoms with E-state index in [2.05, 4.69) is 10.3 Å². The van der Waals surface area contributed by atoms with Crippen LogP contribution >= 0.6 is 11.3 Å². The molecule has 0 spiro atoms. The topological polar surface area (TPSA) is 62.2 Å². The largest absolute Gasteiger partial charge is 0.481 e. The summed E-state index contributed by atoms with van der Waals surface area (Å²) in [4.78, 5) is 14.7. The Labute approximate surface area is 98.7 Å². The number of hydrogen-bond donors (Lipinski definition) is 2. The molecule has 1 aliphatic rings. The van der Waals surface area contributed by atoms with Crippen LogP contribution in [0.25, 0.3) is 0 Å². The maximum atomic E-state index is 10.5. The summed E-state index contributed by atoms with van der Waals surface area (Å²) in [5, 5.41) is 14.6. The van der Waals surface area contributed by atoms with E-state index in [-0.39, 0.29) is 6.42 Å². The Morgan fingerprint density at radius 1 is 1.56 bits per heavy atom. The highest BCUT2D eigenvalue weighted by atomic mass is 32.1. The predicted molar refractivity (Wildman–Crippen MR) is 63.9 cm³/mol. The van der Waals surface area contributed by atoms with Crippen molar-refractivity contribution >= 4 is 22.4 Å². The molecule has 2 rings (SSSR count). The second-order valence-corrected chi connectivity index (χ2v) is 5.10. The Morgan fingerprint density at radius 2 is 2.31 bits per heavy atom. The quantitative estimate of drug-likeness (QED) is 0.829. The number of carbonyl (C=O) groups is 1. The Morgan fingerprint density at radius 3 is 3.00 bits per heavy atom. The van der Waals surface area contributed by atoms with Crippen LogP contribution in [-0.4, -0.2) is 22.6 Å². The lowest BCUT2D eigenvalue weighted by molar-refractivity contribution is -0.136. The fourth-order valence-electron chi connectivity index (χ4n) is 2.07. The molecule has 1 aromatic heterocycles. The Kier molecular flexibility index (Phi) is 3.77. The van der Waals surface area contributed by atoms with E-state index in [1.54, 1.807) is 0 Å². The minimum Gasteiger partial charge on any atom is -0.481 e. The third kappa shape index (κ3) is 3.20. The van der Waals surface area contributed by atoms with Gasteiger partial charge in [-0.1, -0.05) is 12.8 Å². The van der Waals surface area contributed by atoms with Crippen LogP contribution in [0.4, 0.5) is 5.13 Å². The molecule has 5 heteroatoms. The zero-order valence-electron chi connectivity index (χ0n) is 9.11. The second-order valence-electron chi connectivity index (χ2n) is 4.25. The standard InChI is InChI=1S/C11H16N2O2S/c14-10(15)5-9-7-16-11(13-9)12-6-8-3-1-2-4-8/h7-8H,1-6H2,(H,12,13)(H,14,15). The van der Waals surface area contributed by atoms with Crippen molar-refractivity contribution in [3.05, 3.63) is 11.1 Å². The second kappa shape index (κ2) is 5.30. The number of nitrogens with one attached hydrogen (secondary N) is 1. The van der Waals surface area contributed by atoms with E-state index in [4.69, 9.17) is 5.11 Å². The third-order valence-electron chi connectivity index (χ3n) is 2.90. The highest BCUT2D eigenvalue weighted by Crippen LogP contribution is 2.25. The lowest BCUT2D eigenvalue weighted by atomic mass is 10.1. The summed E-state index contributed by atoms with van der Waals surface area (Å²) in [6.07, 6.45) is 5.31. The number of aromatic nitrogens is 1. The van der Waals surface area contributed by atoms with Crippen LogP contribution in [0, 0.1) is 5.92 Å². The van der Waals surface area contributed by atoms with Crippen LogP contribution in [-0.2, 0) is 11.2 Å². The molecule has 0 unspecified atom stereocenters. The fourth-order valence-corrected chi connectivity index (χ4v) is 2.79. The molecule has 1 fully saturated rings. The van der Waals surface area contributed by atoms with Gasteiger partial charge < -0.3 is 10.4 Å². The molecule has 0 amide bonds. The highest BCUT2D eigenvalue weighted by Gasteiger charge is 2.15. The summed E-state index contributed by atoms with van der Waals surface area (Å²) in [6.45, 7) is 0.972. The summed E-state index contributed by atoms with van der Waals surface area (Å²) >= 11 is 1.49. The zero-order chi connectivity index (χ0) is 11.4. The first kappa shape index (κ1) is 11.4. The van der Waals surface area contributed by atoms with Gasteiger partial charge in [0.2, 0.25) is 0 Å². The molecule has 0 radical (unpaired) electrons. The number of nitrogens with zero attached hydrogens (tertiary/aromatic N) is 1.